The minimum absolute atomic E-state index is 0.123. The van der Waals surface area contributed by atoms with Crippen molar-refractivity contribution in [2.24, 2.45) is 11.7 Å². The topological polar surface area (TPSA) is 170 Å². The van der Waals surface area contributed by atoms with E-state index in [0.29, 0.717) is 31.8 Å². The van der Waals surface area contributed by atoms with Gasteiger partial charge < -0.3 is 25.6 Å². The number of ether oxygens (including phenoxy) is 2. The van der Waals surface area contributed by atoms with Gasteiger partial charge in [0, 0.05) is 16.5 Å². The molecule has 3 heterocycles. The number of imide groups is 3. The Morgan fingerprint density at radius 3 is 2.41 bits per heavy atom. The van der Waals surface area contributed by atoms with Gasteiger partial charge in [0.15, 0.2) is 11.5 Å². The molecule has 1 saturated heterocycles. The number of thioether (sulfide) groups is 1. The number of urea groups is 1. The van der Waals surface area contributed by atoms with Crippen molar-refractivity contribution in [3.8, 4) is 17.2 Å². The average Bonchev–Trinajstić information content (AvgIpc) is 3.35. The second kappa shape index (κ2) is 10.1. The third-order valence-corrected chi connectivity index (χ3v) is 9.11. The Morgan fingerprint density at radius 2 is 1.77 bits per heavy atom. The van der Waals surface area contributed by atoms with Gasteiger partial charge in [-0.25, -0.2) is 4.79 Å². The first-order valence-corrected chi connectivity index (χ1v) is 13.2. The van der Waals surface area contributed by atoms with Crippen molar-refractivity contribution >= 4 is 52.5 Å². The van der Waals surface area contributed by atoms with Gasteiger partial charge in [0.25, 0.3) is 5.91 Å². The van der Waals surface area contributed by atoms with E-state index in [1.807, 2.05) is 0 Å². The molecule has 4 N–H and O–H groups in total. The lowest BCUT2D eigenvalue weighted by Gasteiger charge is -2.30. The number of fused-ring (bicyclic) bond motifs is 2. The number of aromatic hydroxyl groups is 1. The Kier molecular flexibility index (Phi) is 6.82. The number of nitrogens with two attached hydrogens (primary N) is 1. The molecule has 14 heteroatoms. The monoisotopic (exact) mass is 570 g/mol. The summed E-state index contributed by atoms with van der Waals surface area (Å²) >= 11 is 1.79. The fourth-order valence-corrected chi connectivity index (χ4v) is 7.51. The molecule has 2 aliphatic heterocycles. The van der Waals surface area contributed by atoms with Crippen molar-refractivity contribution in [3.05, 3.63) is 62.6 Å². The van der Waals surface area contributed by atoms with E-state index in [2.05, 4.69) is 5.32 Å². The van der Waals surface area contributed by atoms with Crippen LogP contribution < -0.4 is 25.4 Å². The van der Waals surface area contributed by atoms with E-state index in [1.54, 1.807) is 30.3 Å². The van der Waals surface area contributed by atoms with Gasteiger partial charge in [-0.05, 0) is 42.0 Å². The van der Waals surface area contributed by atoms with Gasteiger partial charge in [0.1, 0.15) is 17.5 Å². The molecule has 0 aliphatic carbocycles. The number of hydrogen-bond donors (Lipinski definition) is 3. The van der Waals surface area contributed by atoms with E-state index < -0.39 is 45.7 Å². The first-order chi connectivity index (χ1) is 18.6. The number of hydrogen-bond acceptors (Lipinski definition) is 10. The molecule has 5 rings (SSSR count). The predicted molar refractivity (Wildman–Crippen MR) is 141 cm³/mol. The number of thiazole rings is 1. The highest BCUT2D eigenvalue weighted by molar-refractivity contribution is 8.00. The van der Waals surface area contributed by atoms with Crippen LogP contribution in [0.25, 0.3) is 0 Å². The zero-order valence-electron chi connectivity index (χ0n) is 20.6. The smallest absolute Gasteiger partial charge is 0.328 e. The van der Waals surface area contributed by atoms with E-state index >= 15 is 0 Å². The number of phenols is 1. The molecule has 0 spiro atoms. The van der Waals surface area contributed by atoms with Gasteiger partial charge in [-0.15, -0.1) is 0 Å². The summed E-state index contributed by atoms with van der Waals surface area (Å²) in [6.07, 6.45) is 0. The van der Waals surface area contributed by atoms with Crippen molar-refractivity contribution in [3.63, 3.8) is 0 Å². The SMILES string of the molecule is COc1ccc(NC(=O)Cn2c3c(sc2=O)C(c2ccc(O)c(OC)c2)C2C(=O)N(C(N)=O)C(=O)C2S3)cc1. The number of methoxy groups -OCH3 is 2. The van der Waals surface area contributed by atoms with E-state index in [-0.39, 0.29) is 18.0 Å². The number of nitrogens with zero attached hydrogens (tertiary/aromatic N) is 2. The summed E-state index contributed by atoms with van der Waals surface area (Å²) in [7, 11) is 2.88. The summed E-state index contributed by atoms with van der Waals surface area (Å²) in [6.45, 7) is -0.353. The summed E-state index contributed by atoms with van der Waals surface area (Å²) in [5, 5.41) is 12.1. The number of phenolic OH excluding ortho intramolecular Hbond substituents is 1. The van der Waals surface area contributed by atoms with Gasteiger partial charge in [0.05, 0.1) is 25.2 Å². The number of primary amides is 1. The van der Waals surface area contributed by atoms with Crippen molar-refractivity contribution < 1.29 is 33.8 Å². The molecule has 1 fully saturated rings. The lowest BCUT2D eigenvalue weighted by Crippen LogP contribution is -2.41. The van der Waals surface area contributed by atoms with E-state index in [9.17, 15) is 29.1 Å². The zero-order chi connectivity index (χ0) is 28.0. The molecular weight excluding hydrogens is 548 g/mol. The third kappa shape index (κ3) is 4.51. The molecule has 39 heavy (non-hydrogen) atoms. The number of likely N-dealkylation sites (tertiary alicyclic amines) is 1. The van der Waals surface area contributed by atoms with Crippen LogP contribution >= 0.6 is 23.1 Å². The summed E-state index contributed by atoms with van der Waals surface area (Å²) < 4.78 is 11.6. The maximum absolute atomic E-state index is 13.3. The van der Waals surface area contributed by atoms with Crippen LogP contribution in [-0.4, -0.2) is 57.8 Å². The molecule has 5 amide bonds. The van der Waals surface area contributed by atoms with Gasteiger partial charge >= 0.3 is 10.9 Å². The van der Waals surface area contributed by atoms with Crippen LogP contribution in [0, 0.1) is 5.92 Å². The first kappa shape index (κ1) is 26.3. The number of benzene rings is 2. The van der Waals surface area contributed by atoms with E-state index in [4.69, 9.17) is 15.2 Å². The highest BCUT2D eigenvalue weighted by Crippen LogP contribution is 2.53. The predicted octanol–water partition coefficient (Wildman–Crippen LogP) is 1.94. The molecule has 2 aromatic carbocycles. The van der Waals surface area contributed by atoms with E-state index in [0.717, 1.165) is 23.1 Å². The number of amides is 5. The summed E-state index contributed by atoms with van der Waals surface area (Å²) in [5.74, 6) is -3.36. The van der Waals surface area contributed by atoms with Crippen molar-refractivity contribution in [2.75, 3.05) is 19.5 Å². The number of aromatic nitrogens is 1. The number of carbonyl (C=O) groups excluding carboxylic acids is 4. The standard InChI is InChI=1S/C25H22N4O8S2/c1-36-13-6-4-12(5-7-13)27-16(31)10-28-23-20(39-25(28)35)17(11-3-8-14(30)15(9-11)37-2)18-19(38-23)22(33)29(21(18)32)24(26)34/h3-9,17-19,30H,10H2,1-2H3,(H2,26,34)(H,27,31). The van der Waals surface area contributed by atoms with Crippen LogP contribution in [-0.2, 0) is 20.9 Å². The Hall–Kier alpha value is -4.30. The number of anilines is 1. The average molecular weight is 571 g/mol. The molecule has 3 atom stereocenters. The number of carbonyl (C=O) groups is 4. The Morgan fingerprint density at radius 1 is 1.05 bits per heavy atom. The Labute approximate surface area is 229 Å². The summed E-state index contributed by atoms with van der Waals surface area (Å²) in [6, 6.07) is 9.89. The maximum Gasteiger partial charge on any atom is 0.328 e. The van der Waals surface area contributed by atoms with Gasteiger partial charge in [-0.2, -0.15) is 4.90 Å². The first-order valence-electron chi connectivity index (χ1n) is 11.5. The van der Waals surface area contributed by atoms with Gasteiger partial charge in [-0.3, -0.25) is 23.7 Å². The maximum atomic E-state index is 13.3. The molecule has 0 saturated carbocycles. The number of rotatable bonds is 6. The van der Waals surface area contributed by atoms with Crippen LogP contribution in [0.5, 0.6) is 17.2 Å². The molecule has 202 valence electrons. The minimum atomic E-state index is -1.19. The molecule has 12 nitrogen and oxygen atoms in total. The fraction of sp³-hybridized carbons (Fsp3) is 0.240. The number of nitrogens with one attached hydrogen (secondary N) is 1. The Balaban J connectivity index is 1.56. The second-order valence-corrected chi connectivity index (χ2v) is 10.8. The second-order valence-electron chi connectivity index (χ2n) is 8.72. The molecular formula is C25H22N4O8S2. The highest BCUT2D eigenvalue weighted by Gasteiger charge is 2.58. The quantitative estimate of drug-likeness (QED) is 0.375. The van der Waals surface area contributed by atoms with Gasteiger partial charge in [0.2, 0.25) is 11.8 Å². The summed E-state index contributed by atoms with van der Waals surface area (Å²) in [5.41, 5.74) is 6.31. The van der Waals surface area contributed by atoms with Crippen LogP contribution in [0.15, 0.2) is 52.3 Å². The van der Waals surface area contributed by atoms with Crippen LogP contribution in [0.3, 0.4) is 0 Å². The molecule has 1 aromatic heterocycles. The fourth-order valence-electron chi connectivity index (χ4n) is 4.74. The lowest BCUT2D eigenvalue weighted by atomic mass is 9.83. The molecule has 3 aromatic rings. The normalized spacial score (nSPS) is 19.8. The summed E-state index contributed by atoms with van der Waals surface area (Å²) in [4.78, 5) is 64.8. The van der Waals surface area contributed by atoms with E-state index in [1.165, 1.54) is 30.9 Å². The molecule has 2 aliphatic rings. The van der Waals surface area contributed by atoms with Crippen molar-refractivity contribution in [1.82, 2.24) is 9.47 Å². The Bertz CT molecular complexity index is 1560. The zero-order valence-corrected chi connectivity index (χ0v) is 22.2. The molecule has 0 bridgehead atoms. The highest BCUT2D eigenvalue weighted by atomic mass is 32.2. The third-order valence-electron chi connectivity index (χ3n) is 6.51. The van der Waals surface area contributed by atoms with Crippen molar-refractivity contribution in [1.29, 1.82) is 0 Å². The molecule has 0 radical (unpaired) electrons. The van der Waals surface area contributed by atoms with Crippen molar-refractivity contribution in [2.45, 2.75) is 22.7 Å². The minimum Gasteiger partial charge on any atom is -0.504 e. The van der Waals surface area contributed by atoms with Crippen LogP contribution in [0.4, 0.5) is 10.5 Å². The van der Waals surface area contributed by atoms with Crippen LogP contribution in [0.2, 0.25) is 0 Å². The van der Waals surface area contributed by atoms with Crippen LogP contribution in [0.1, 0.15) is 16.4 Å². The van der Waals surface area contributed by atoms with Gasteiger partial charge in [-0.1, -0.05) is 29.2 Å². The lowest BCUT2D eigenvalue weighted by molar-refractivity contribution is -0.135. The largest absolute Gasteiger partial charge is 0.504 e. The molecule has 3 unspecified atom stereocenters.